The molecule has 1 amide bonds. The van der Waals surface area contributed by atoms with Crippen LogP contribution in [-0.2, 0) is 9.59 Å². The van der Waals surface area contributed by atoms with E-state index in [2.05, 4.69) is 0 Å². The molecule has 5 nitrogen and oxygen atoms in total. The molecule has 0 fully saturated rings. The Balaban J connectivity index is 4.20. The number of carboxylic acid groups (broad SMARTS) is 1. The Morgan fingerprint density at radius 2 is 2.19 bits per heavy atom. The zero-order valence-electron chi connectivity index (χ0n) is 9.47. The molecule has 0 rings (SSSR count). The van der Waals surface area contributed by atoms with Crippen molar-refractivity contribution in [3.63, 3.8) is 0 Å². The second-order valence-corrected chi connectivity index (χ2v) is 4.26. The second-order valence-electron chi connectivity index (χ2n) is 3.28. The maximum Gasteiger partial charge on any atom is 0.305 e. The number of hydrogen-bond acceptors (Lipinski definition) is 4. The van der Waals surface area contributed by atoms with Crippen LogP contribution in [0.3, 0.4) is 0 Å². The van der Waals surface area contributed by atoms with Crippen molar-refractivity contribution in [1.82, 2.24) is 4.90 Å². The Morgan fingerprint density at radius 3 is 2.62 bits per heavy atom. The summed E-state index contributed by atoms with van der Waals surface area (Å²) in [5.41, 5.74) is 0. The molecule has 0 heterocycles. The fourth-order valence-electron chi connectivity index (χ4n) is 1.36. The summed E-state index contributed by atoms with van der Waals surface area (Å²) >= 11 is 1.24. The second kappa shape index (κ2) is 7.99. The van der Waals surface area contributed by atoms with Crippen LogP contribution in [0, 0.1) is 11.3 Å². The minimum atomic E-state index is -0.913. The van der Waals surface area contributed by atoms with Gasteiger partial charge >= 0.3 is 5.97 Å². The Labute approximate surface area is 99.4 Å². The van der Waals surface area contributed by atoms with E-state index in [0.717, 1.165) is 0 Å². The van der Waals surface area contributed by atoms with Crippen molar-refractivity contribution in [2.45, 2.75) is 26.3 Å². The Kier molecular flexibility index (Phi) is 7.38. The molecular weight excluding hydrogens is 228 g/mol. The predicted molar refractivity (Wildman–Crippen MR) is 62.0 cm³/mol. The van der Waals surface area contributed by atoms with Crippen LogP contribution in [0.1, 0.15) is 20.3 Å². The Bertz CT molecular complexity index is 288. The van der Waals surface area contributed by atoms with E-state index in [1.807, 2.05) is 13.0 Å². The highest BCUT2D eigenvalue weighted by atomic mass is 32.2. The molecule has 16 heavy (non-hydrogen) atoms. The SMILES string of the molecule is CCN(C(=O)CSCC#N)C(C)CC(=O)O. The number of hydrogen-bond donors (Lipinski definition) is 1. The number of thioether (sulfide) groups is 1. The van der Waals surface area contributed by atoms with Crippen LogP contribution >= 0.6 is 11.8 Å². The van der Waals surface area contributed by atoms with Crippen molar-refractivity contribution in [2.24, 2.45) is 0 Å². The summed E-state index contributed by atoms with van der Waals surface area (Å²) < 4.78 is 0. The molecule has 0 aliphatic rings. The van der Waals surface area contributed by atoms with Crippen LogP contribution in [0.25, 0.3) is 0 Å². The molecule has 1 atom stereocenters. The zero-order valence-corrected chi connectivity index (χ0v) is 10.3. The van der Waals surface area contributed by atoms with Gasteiger partial charge in [0.2, 0.25) is 5.91 Å². The molecule has 0 saturated heterocycles. The molecule has 0 spiro atoms. The lowest BCUT2D eigenvalue weighted by Gasteiger charge is -2.26. The largest absolute Gasteiger partial charge is 0.481 e. The third-order valence-electron chi connectivity index (χ3n) is 2.06. The number of carbonyl (C=O) groups is 2. The van der Waals surface area contributed by atoms with Gasteiger partial charge < -0.3 is 10.0 Å². The van der Waals surface area contributed by atoms with Crippen molar-refractivity contribution < 1.29 is 14.7 Å². The topological polar surface area (TPSA) is 81.4 Å². The van der Waals surface area contributed by atoms with Crippen LogP contribution in [0.5, 0.6) is 0 Å². The molecule has 90 valence electrons. The first-order valence-corrected chi connectivity index (χ1v) is 6.14. The van der Waals surface area contributed by atoms with Gasteiger partial charge in [0.15, 0.2) is 0 Å². The highest BCUT2D eigenvalue weighted by Crippen LogP contribution is 2.08. The lowest BCUT2D eigenvalue weighted by Crippen LogP contribution is -2.40. The van der Waals surface area contributed by atoms with E-state index in [-0.39, 0.29) is 29.9 Å². The van der Waals surface area contributed by atoms with E-state index in [4.69, 9.17) is 10.4 Å². The number of carboxylic acids is 1. The van der Waals surface area contributed by atoms with Crippen molar-refractivity contribution in [3.05, 3.63) is 0 Å². The van der Waals surface area contributed by atoms with E-state index in [0.29, 0.717) is 6.54 Å². The van der Waals surface area contributed by atoms with E-state index in [9.17, 15) is 9.59 Å². The van der Waals surface area contributed by atoms with Gasteiger partial charge in [-0.1, -0.05) is 0 Å². The van der Waals surface area contributed by atoms with Gasteiger partial charge in [-0.2, -0.15) is 5.26 Å². The van der Waals surface area contributed by atoms with Gasteiger partial charge in [-0.3, -0.25) is 9.59 Å². The van der Waals surface area contributed by atoms with Crippen LogP contribution in [-0.4, -0.2) is 46.0 Å². The maximum absolute atomic E-state index is 11.7. The van der Waals surface area contributed by atoms with Gasteiger partial charge in [-0.15, -0.1) is 11.8 Å². The van der Waals surface area contributed by atoms with Gasteiger partial charge in [-0.25, -0.2) is 0 Å². The minimum Gasteiger partial charge on any atom is -0.481 e. The van der Waals surface area contributed by atoms with Crippen LogP contribution in [0.4, 0.5) is 0 Å². The highest BCUT2D eigenvalue weighted by Gasteiger charge is 2.20. The summed E-state index contributed by atoms with van der Waals surface area (Å²) in [4.78, 5) is 23.7. The van der Waals surface area contributed by atoms with E-state index < -0.39 is 5.97 Å². The average Bonchev–Trinajstić information content (AvgIpc) is 2.18. The summed E-state index contributed by atoms with van der Waals surface area (Å²) in [7, 11) is 0. The maximum atomic E-state index is 11.7. The van der Waals surface area contributed by atoms with Gasteiger partial charge in [0, 0.05) is 12.6 Å². The first-order valence-electron chi connectivity index (χ1n) is 4.98. The lowest BCUT2D eigenvalue weighted by atomic mass is 10.2. The Morgan fingerprint density at radius 1 is 1.56 bits per heavy atom. The van der Waals surface area contributed by atoms with Crippen LogP contribution in [0.15, 0.2) is 0 Å². The molecular formula is C10H16N2O3S. The average molecular weight is 244 g/mol. The number of aliphatic carboxylic acids is 1. The molecule has 1 N–H and O–H groups in total. The van der Waals surface area contributed by atoms with Gasteiger partial charge in [0.05, 0.1) is 24.0 Å². The number of amides is 1. The highest BCUT2D eigenvalue weighted by molar-refractivity contribution is 8.00. The summed E-state index contributed by atoms with van der Waals surface area (Å²) in [6.07, 6.45) is -0.0531. The van der Waals surface area contributed by atoms with E-state index in [1.54, 1.807) is 6.92 Å². The molecule has 6 heteroatoms. The van der Waals surface area contributed by atoms with Crippen molar-refractivity contribution in [3.8, 4) is 6.07 Å². The monoisotopic (exact) mass is 244 g/mol. The number of nitriles is 1. The molecule has 0 radical (unpaired) electrons. The van der Waals surface area contributed by atoms with E-state index >= 15 is 0 Å². The third-order valence-corrected chi connectivity index (χ3v) is 2.84. The fraction of sp³-hybridized carbons (Fsp3) is 0.700. The standard InChI is InChI=1S/C10H16N2O3S/c1-3-12(8(2)6-10(14)15)9(13)7-16-5-4-11/h8H,3,5-7H2,1-2H3,(H,14,15). The smallest absolute Gasteiger partial charge is 0.305 e. The molecule has 0 aliphatic heterocycles. The molecule has 0 aromatic heterocycles. The quantitative estimate of drug-likeness (QED) is 0.674. The van der Waals surface area contributed by atoms with E-state index in [1.165, 1.54) is 16.7 Å². The predicted octanol–water partition coefficient (Wildman–Crippen LogP) is 0.955. The summed E-state index contributed by atoms with van der Waals surface area (Å²) in [6, 6.07) is 1.63. The first-order chi connectivity index (χ1) is 7.52. The number of carbonyl (C=O) groups excluding carboxylic acids is 1. The molecule has 0 aromatic rings. The molecule has 0 aromatic carbocycles. The van der Waals surface area contributed by atoms with Crippen molar-refractivity contribution >= 4 is 23.6 Å². The van der Waals surface area contributed by atoms with Crippen LogP contribution < -0.4 is 0 Å². The lowest BCUT2D eigenvalue weighted by molar-refractivity contribution is -0.139. The first kappa shape index (κ1) is 14.8. The minimum absolute atomic E-state index is 0.0531. The van der Waals surface area contributed by atoms with Gasteiger partial charge in [0.25, 0.3) is 0 Å². The van der Waals surface area contributed by atoms with Crippen molar-refractivity contribution in [1.29, 1.82) is 5.26 Å². The normalized spacial score (nSPS) is 11.6. The number of rotatable bonds is 7. The summed E-state index contributed by atoms with van der Waals surface area (Å²) in [6.45, 7) is 4.01. The fourth-order valence-corrected chi connectivity index (χ4v) is 1.90. The molecule has 1 unspecified atom stereocenters. The van der Waals surface area contributed by atoms with Crippen molar-refractivity contribution in [2.75, 3.05) is 18.1 Å². The molecule has 0 saturated carbocycles. The Hall–Kier alpha value is -1.22. The molecule has 0 aliphatic carbocycles. The zero-order chi connectivity index (χ0) is 12.6. The van der Waals surface area contributed by atoms with Crippen LogP contribution in [0.2, 0.25) is 0 Å². The van der Waals surface area contributed by atoms with Gasteiger partial charge in [-0.05, 0) is 13.8 Å². The third kappa shape index (κ3) is 5.61. The van der Waals surface area contributed by atoms with Gasteiger partial charge in [0.1, 0.15) is 0 Å². The number of nitrogens with zero attached hydrogens (tertiary/aromatic N) is 2. The summed E-state index contributed by atoms with van der Waals surface area (Å²) in [5.74, 6) is -0.526. The summed E-state index contributed by atoms with van der Waals surface area (Å²) in [5, 5.41) is 17.0. The molecule has 0 bridgehead atoms.